The predicted molar refractivity (Wildman–Crippen MR) is 177 cm³/mol. The number of fused-ring (bicyclic) bond motifs is 2. The van der Waals surface area contributed by atoms with E-state index in [0.29, 0.717) is 17.5 Å². The lowest BCUT2D eigenvalue weighted by Crippen LogP contribution is -2.10. The van der Waals surface area contributed by atoms with Crippen LogP contribution >= 0.6 is 22.9 Å². The first kappa shape index (κ1) is 31.1. The average Bonchev–Trinajstić information content (AvgIpc) is 3.68. The third-order valence-corrected chi connectivity index (χ3v) is 8.73. The van der Waals surface area contributed by atoms with Crippen LogP contribution in [0.5, 0.6) is 0 Å². The number of carbonyl (C=O) groups excluding carboxylic acids is 1. The number of thiazole rings is 1. The minimum absolute atomic E-state index is 0.210. The standard InChI is InChI=1S/C30H29ClN4O2S.C4H10O/c1-4-37-26(36)15-22-17(2)13-24-29(27(22)18-5-8-21(31)9-6-18)38-30(33-24)19-7-10-25-23(14-19)28(34-35(25)3)20-11-12-32-16-20;1-4(2,3)5/h5-10,13-14,20,32H,4,11-12,15-16H2,1-3H3;5H,1-3H3. The summed E-state index contributed by atoms with van der Waals surface area (Å²) in [6.07, 6.45) is 1.31. The van der Waals surface area contributed by atoms with Gasteiger partial charge in [0.1, 0.15) is 5.01 Å². The molecule has 6 rings (SSSR count). The van der Waals surface area contributed by atoms with Crippen molar-refractivity contribution in [1.29, 1.82) is 0 Å². The molecule has 5 aromatic rings. The van der Waals surface area contributed by atoms with Crippen molar-refractivity contribution in [1.82, 2.24) is 20.1 Å². The molecule has 0 spiro atoms. The van der Waals surface area contributed by atoms with Crippen LogP contribution in [0.2, 0.25) is 5.02 Å². The van der Waals surface area contributed by atoms with E-state index in [0.717, 1.165) is 73.8 Å². The molecule has 2 aromatic heterocycles. The highest BCUT2D eigenvalue weighted by molar-refractivity contribution is 7.22. The molecular weight excluding hydrogens is 580 g/mol. The number of halogens is 1. The Morgan fingerprint density at radius 3 is 2.51 bits per heavy atom. The SMILES string of the molecule is CC(C)(C)O.CCOC(=O)Cc1c(C)cc2nc(-c3ccc4c(c3)c(C3CCNC3)nn4C)sc2c1-c1ccc(Cl)cc1. The number of rotatable bonds is 6. The Hall–Kier alpha value is -3.30. The van der Waals surface area contributed by atoms with E-state index in [1.807, 2.05) is 49.8 Å². The van der Waals surface area contributed by atoms with Gasteiger partial charge >= 0.3 is 5.97 Å². The van der Waals surface area contributed by atoms with Crippen molar-refractivity contribution < 1.29 is 14.6 Å². The molecule has 0 saturated carbocycles. The number of benzene rings is 3. The Bertz CT molecular complexity index is 1760. The number of aryl methyl sites for hydroxylation is 2. The highest BCUT2D eigenvalue weighted by Crippen LogP contribution is 2.42. The second kappa shape index (κ2) is 12.7. The van der Waals surface area contributed by atoms with E-state index in [2.05, 4.69) is 29.6 Å². The summed E-state index contributed by atoms with van der Waals surface area (Å²) in [6.45, 7) is 11.4. The zero-order valence-corrected chi connectivity index (χ0v) is 27.2. The summed E-state index contributed by atoms with van der Waals surface area (Å²) in [5.74, 6) is 0.194. The lowest BCUT2D eigenvalue weighted by molar-refractivity contribution is -0.142. The summed E-state index contributed by atoms with van der Waals surface area (Å²) in [6, 6.07) is 16.4. The van der Waals surface area contributed by atoms with Gasteiger partial charge in [-0.2, -0.15) is 5.10 Å². The first-order chi connectivity index (χ1) is 20.4. The van der Waals surface area contributed by atoms with Crippen LogP contribution in [0.4, 0.5) is 0 Å². The number of hydrogen-bond donors (Lipinski definition) is 2. The van der Waals surface area contributed by atoms with Crippen LogP contribution in [-0.4, -0.2) is 51.1 Å². The van der Waals surface area contributed by atoms with Crippen LogP contribution in [0, 0.1) is 6.92 Å². The Balaban J connectivity index is 0.000000682. The molecule has 43 heavy (non-hydrogen) atoms. The normalized spacial score (nSPS) is 15.1. The molecule has 3 heterocycles. The molecule has 9 heteroatoms. The quantitative estimate of drug-likeness (QED) is 0.192. The minimum atomic E-state index is -0.500. The topological polar surface area (TPSA) is 89.3 Å². The van der Waals surface area contributed by atoms with Gasteiger partial charge in [0.05, 0.1) is 40.1 Å². The monoisotopic (exact) mass is 618 g/mol. The van der Waals surface area contributed by atoms with Gasteiger partial charge in [0.25, 0.3) is 0 Å². The average molecular weight is 619 g/mol. The summed E-state index contributed by atoms with van der Waals surface area (Å²) in [7, 11) is 2.01. The van der Waals surface area contributed by atoms with Gasteiger partial charge in [0, 0.05) is 41.0 Å². The number of esters is 1. The first-order valence-corrected chi connectivity index (χ1v) is 15.9. The van der Waals surface area contributed by atoms with E-state index in [1.54, 1.807) is 32.1 Å². The molecule has 2 N–H and O–H groups in total. The summed E-state index contributed by atoms with van der Waals surface area (Å²) in [4.78, 5) is 17.6. The third kappa shape index (κ3) is 7.10. The molecule has 1 atom stereocenters. The number of nitrogens with zero attached hydrogens (tertiary/aromatic N) is 3. The Morgan fingerprint density at radius 2 is 1.86 bits per heavy atom. The molecule has 1 aliphatic rings. The van der Waals surface area contributed by atoms with Gasteiger partial charge in [0.2, 0.25) is 0 Å². The van der Waals surface area contributed by atoms with Gasteiger partial charge in [0.15, 0.2) is 0 Å². The maximum atomic E-state index is 12.6. The molecule has 0 aliphatic carbocycles. The number of carbonyl (C=O) groups is 1. The number of ether oxygens (including phenoxy) is 1. The van der Waals surface area contributed by atoms with Gasteiger partial charge in [-0.05, 0) is 101 Å². The highest BCUT2D eigenvalue weighted by Gasteiger charge is 2.24. The minimum Gasteiger partial charge on any atom is -0.466 e. The lowest BCUT2D eigenvalue weighted by atomic mass is 9.93. The van der Waals surface area contributed by atoms with Gasteiger partial charge < -0.3 is 15.2 Å². The van der Waals surface area contributed by atoms with Gasteiger partial charge in [-0.25, -0.2) is 4.98 Å². The second-order valence-electron chi connectivity index (χ2n) is 12.0. The fourth-order valence-electron chi connectivity index (χ4n) is 5.48. The fraction of sp³-hybridized carbons (Fsp3) is 0.382. The van der Waals surface area contributed by atoms with Crippen LogP contribution in [0.15, 0.2) is 48.5 Å². The van der Waals surface area contributed by atoms with Crippen molar-refractivity contribution in [2.24, 2.45) is 7.05 Å². The van der Waals surface area contributed by atoms with Crippen molar-refractivity contribution in [3.63, 3.8) is 0 Å². The molecule has 0 radical (unpaired) electrons. The van der Waals surface area contributed by atoms with E-state index in [-0.39, 0.29) is 12.4 Å². The van der Waals surface area contributed by atoms with Crippen molar-refractivity contribution in [2.45, 2.75) is 59.0 Å². The number of nitrogens with one attached hydrogen (secondary N) is 1. The van der Waals surface area contributed by atoms with Crippen molar-refractivity contribution in [2.75, 3.05) is 19.7 Å². The van der Waals surface area contributed by atoms with Crippen LogP contribution in [0.25, 0.3) is 42.8 Å². The zero-order valence-electron chi connectivity index (χ0n) is 25.6. The summed E-state index contributed by atoms with van der Waals surface area (Å²) in [5.41, 5.74) is 7.80. The molecule has 1 unspecified atom stereocenters. The smallest absolute Gasteiger partial charge is 0.310 e. The van der Waals surface area contributed by atoms with E-state index in [9.17, 15) is 4.79 Å². The molecule has 1 fully saturated rings. The lowest BCUT2D eigenvalue weighted by Gasteiger charge is -2.14. The number of aromatic nitrogens is 3. The Kier molecular flexibility index (Phi) is 9.23. The van der Waals surface area contributed by atoms with E-state index in [1.165, 1.54) is 5.39 Å². The Morgan fingerprint density at radius 1 is 1.16 bits per heavy atom. The number of hydrogen-bond acceptors (Lipinski definition) is 7. The van der Waals surface area contributed by atoms with E-state index in [4.69, 9.17) is 31.5 Å². The molecule has 0 amide bonds. The third-order valence-electron chi connectivity index (χ3n) is 7.34. The molecule has 1 aliphatic heterocycles. The van der Waals surface area contributed by atoms with Crippen LogP contribution in [-0.2, 0) is 23.0 Å². The summed E-state index contributed by atoms with van der Waals surface area (Å²) in [5, 5.41) is 19.7. The van der Waals surface area contributed by atoms with Gasteiger partial charge in [-0.15, -0.1) is 11.3 Å². The molecule has 1 saturated heterocycles. The maximum absolute atomic E-state index is 12.6. The summed E-state index contributed by atoms with van der Waals surface area (Å²) >= 11 is 7.87. The predicted octanol–water partition coefficient (Wildman–Crippen LogP) is 7.44. The van der Waals surface area contributed by atoms with Crippen molar-refractivity contribution in [3.05, 3.63) is 70.4 Å². The first-order valence-electron chi connectivity index (χ1n) is 14.7. The fourth-order valence-corrected chi connectivity index (χ4v) is 6.74. The van der Waals surface area contributed by atoms with Crippen LogP contribution in [0.3, 0.4) is 0 Å². The molecule has 3 aromatic carbocycles. The molecule has 7 nitrogen and oxygen atoms in total. The number of aliphatic hydroxyl groups is 1. The van der Waals surface area contributed by atoms with Crippen LogP contribution < -0.4 is 5.32 Å². The highest BCUT2D eigenvalue weighted by atomic mass is 35.5. The maximum Gasteiger partial charge on any atom is 0.310 e. The molecular formula is C34H39ClN4O3S. The Labute approximate surface area is 261 Å². The zero-order chi connectivity index (χ0) is 30.9. The van der Waals surface area contributed by atoms with Gasteiger partial charge in [-0.3, -0.25) is 9.48 Å². The van der Waals surface area contributed by atoms with E-state index >= 15 is 0 Å². The largest absolute Gasteiger partial charge is 0.466 e. The molecule has 226 valence electrons. The van der Waals surface area contributed by atoms with Gasteiger partial charge in [-0.1, -0.05) is 23.7 Å². The summed E-state index contributed by atoms with van der Waals surface area (Å²) < 4.78 is 8.34. The van der Waals surface area contributed by atoms with Crippen LogP contribution in [0.1, 0.15) is 56.9 Å². The van der Waals surface area contributed by atoms with Crippen molar-refractivity contribution >= 4 is 50.0 Å². The molecule has 0 bridgehead atoms. The van der Waals surface area contributed by atoms with E-state index < -0.39 is 5.60 Å². The second-order valence-corrected chi connectivity index (χ2v) is 13.4. The van der Waals surface area contributed by atoms with Crippen molar-refractivity contribution in [3.8, 4) is 21.7 Å².